The number of pyridine rings is 3. The molecule has 0 amide bonds. The third-order valence-electron chi connectivity index (χ3n) is 7.39. The van der Waals surface area contributed by atoms with Gasteiger partial charge in [0.1, 0.15) is 11.6 Å². The molecule has 0 bridgehead atoms. The molecule has 1 unspecified atom stereocenters. The molecular formula is C28H30F2N4O3. The highest BCUT2D eigenvalue weighted by atomic mass is 19.3. The fourth-order valence-electron chi connectivity index (χ4n) is 5.03. The van der Waals surface area contributed by atoms with Crippen LogP contribution in [0.3, 0.4) is 0 Å². The molecule has 194 valence electrons. The number of aliphatic hydroxyl groups excluding tert-OH is 1. The van der Waals surface area contributed by atoms with Crippen molar-refractivity contribution in [3.8, 4) is 11.3 Å². The van der Waals surface area contributed by atoms with Gasteiger partial charge in [-0.1, -0.05) is 0 Å². The van der Waals surface area contributed by atoms with E-state index in [1.54, 1.807) is 6.20 Å². The number of aliphatic hydroxyl groups is 1. The molecule has 2 aliphatic carbocycles. The highest BCUT2D eigenvalue weighted by molar-refractivity contribution is 5.70. The molecule has 7 nitrogen and oxygen atoms in total. The minimum absolute atomic E-state index is 0.0831. The van der Waals surface area contributed by atoms with Crippen molar-refractivity contribution in [1.29, 1.82) is 0 Å². The molecule has 0 aromatic carbocycles. The number of alkyl halides is 2. The third-order valence-corrected chi connectivity index (χ3v) is 7.39. The Labute approximate surface area is 214 Å². The van der Waals surface area contributed by atoms with Crippen LogP contribution in [0.25, 0.3) is 11.3 Å². The van der Waals surface area contributed by atoms with Crippen LogP contribution in [0.2, 0.25) is 0 Å². The minimum Gasteiger partial charge on any atom is -0.481 e. The van der Waals surface area contributed by atoms with Crippen LogP contribution in [-0.4, -0.2) is 37.2 Å². The summed E-state index contributed by atoms with van der Waals surface area (Å²) in [5.41, 5.74) is 3.34. The van der Waals surface area contributed by atoms with Crippen LogP contribution >= 0.6 is 0 Å². The quantitative estimate of drug-likeness (QED) is 0.331. The first-order valence-electron chi connectivity index (χ1n) is 12.7. The van der Waals surface area contributed by atoms with E-state index in [4.69, 9.17) is 4.98 Å². The van der Waals surface area contributed by atoms with E-state index in [1.807, 2.05) is 24.3 Å². The third kappa shape index (κ3) is 6.28. The lowest BCUT2D eigenvalue weighted by Gasteiger charge is -2.29. The highest BCUT2D eigenvalue weighted by Gasteiger charge is 2.30. The maximum atomic E-state index is 13.1. The van der Waals surface area contributed by atoms with Crippen molar-refractivity contribution in [2.24, 2.45) is 11.8 Å². The van der Waals surface area contributed by atoms with E-state index in [-0.39, 0.29) is 17.4 Å². The minimum atomic E-state index is -2.58. The fourth-order valence-corrected chi connectivity index (χ4v) is 5.03. The molecule has 2 fully saturated rings. The summed E-state index contributed by atoms with van der Waals surface area (Å²) in [6.45, 7) is 0. The van der Waals surface area contributed by atoms with E-state index in [0.29, 0.717) is 49.7 Å². The standard InChI is InChI=1S/C28H30F2N4O3/c29-27(30)19-9-10-31-25(12-19)34-26-13-21(16-1-2-16)11-23(33-26)20-7-8-22(32-15-20)14-24(35)17-3-5-18(6-4-17)28(36)37/h7-13,15-18,24,27,35H,1-6,14H2,(H,36,37)(H,31,33,34)/t17-,18-,24?. The van der Waals surface area contributed by atoms with Crippen molar-refractivity contribution in [2.45, 2.75) is 63.4 Å². The van der Waals surface area contributed by atoms with E-state index in [1.165, 1.54) is 18.3 Å². The maximum absolute atomic E-state index is 13.1. The van der Waals surface area contributed by atoms with Crippen LogP contribution in [-0.2, 0) is 11.2 Å². The summed E-state index contributed by atoms with van der Waals surface area (Å²) in [6.07, 6.45) is 5.19. The van der Waals surface area contributed by atoms with Gasteiger partial charge in [0.25, 0.3) is 6.43 Å². The summed E-state index contributed by atoms with van der Waals surface area (Å²) in [4.78, 5) is 24.6. The van der Waals surface area contributed by atoms with E-state index in [2.05, 4.69) is 15.3 Å². The fraction of sp³-hybridized carbons (Fsp3) is 0.429. The van der Waals surface area contributed by atoms with Crippen LogP contribution in [0.4, 0.5) is 20.4 Å². The van der Waals surface area contributed by atoms with Gasteiger partial charge >= 0.3 is 5.97 Å². The van der Waals surface area contributed by atoms with Crippen molar-refractivity contribution < 1.29 is 23.8 Å². The topological polar surface area (TPSA) is 108 Å². The Morgan fingerprint density at radius 2 is 1.78 bits per heavy atom. The predicted molar refractivity (Wildman–Crippen MR) is 135 cm³/mol. The van der Waals surface area contributed by atoms with Crippen LogP contribution in [0, 0.1) is 11.8 Å². The largest absolute Gasteiger partial charge is 0.481 e. The predicted octanol–water partition coefficient (Wildman–Crippen LogP) is 5.89. The Morgan fingerprint density at radius 3 is 2.43 bits per heavy atom. The van der Waals surface area contributed by atoms with Gasteiger partial charge in [-0.2, -0.15) is 0 Å². The van der Waals surface area contributed by atoms with E-state index in [0.717, 1.165) is 35.4 Å². The Morgan fingerprint density at radius 1 is 1.00 bits per heavy atom. The molecule has 9 heteroatoms. The van der Waals surface area contributed by atoms with Gasteiger partial charge in [-0.25, -0.2) is 18.7 Å². The van der Waals surface area contributed by atoms with Gasteiger partial charge in [0, 0.05) is 35.6 Å². The lowest BCUT2D eigenvalue weighted by molar-refractivity contribution is -0.143. The molecule has 0 saturated heterocycles. The van der Waals surface area contributed by atoms with Gasteiger partial charge in [0.15, 0.2) is 0 Å². The molecule has 0 radical (unpaired) electrons. The molecule has 3 heterocycles. The number of carbonyl (C=O) groups is 1. The molecule has 2 aliphatic rings. The number of nitrogens with zero attached hydrogens (tertiary/aromatic N) is 3. The first kappa shape index (κ1) is 25.2. The number of nitrogens with one attached hydrogen (secondary N) is 1. The number of rotatable bonds is 9. The van der Waals surface area contributed by atoms with E-state index >= 15 is 0 Å². The maximum Gasteiger partial charge on any atom is 0.306 e. The van der Waals surface area contributed by atoms with Crippen LogP contribution in [0.15, 0.2) is 48.8 Å². The van der Waals surface area contributed by atoms with Crippen LogP contribution in [0.1, 0.15) is 67.7 Å². The number of hydrogen-bond acceptors (Lipinski definition) is 6. The van der Waals surface area contributed by atoms with E-state index < -0.39 is 18.5 Å². The van der Waals surface area contributed by atoms with E-state index in [9.17, 15) is 23.8 Å². The summed E-state index contributed by atoms with van der Waals surface area (Å²) in [7, 11) is 0. The first-order chi connectivity index (χ1) is 17.9. The average Bonchev–Trinajstić information content (AvgIpc) is 3.75. The van der Waals surface area contributed by atoms with Crippen molar-refractivity contribution in [1.82, 2.24) is 15.0 Å². The van der Waals surface area contributed by atoms with Gasteiger partial charge in [-0.3, -0.25) is 9.78 Å². The number of hydrogen-bond donors (Lipinski definition) is 3. The zero-order valence-electron chi connectivity index (χ0n) is 20.4. The second-order valence-corrected chi connectivity index (χ2v) is 10.1. The zero-order chi connectivity index (χ0) is 25.9. The number of anilines is 2. The second kappa shape index (κ2) is 10.9. The Hall–Kier alpha value is -3.46. The average molecular weight is 509 g/mol. The lowest BCUT2D eigenvalue weighted by atomic mass is 9.78. The van der Waals surface area contributed by atoms with Crippen molar-refractivity contribution in [3.05, 3.63) is 65.6 Å². The molecule has 5 rings (SSSR count). The molecule has 2 saturated carbocycles. The number of carboxylic acids is 1. The summed E-state index contributed by atoms with van der Waals surface area (Å²) in [5.74, 6) is 0.337. The normalized spacial score (nSPS) is 20.5. The summed E-state index contributed by atoms with van der Waals surface area (Å²) in [6, 6.07) is 10.4. The monoisotopic (exact) mass is 508 g/mol. The lowest BCUT2D eigenvalue weighted by Crippen LogP contribution is -2.30. The second-order valence-electron chi connectivity index (χ2n) is 10.1. The molecule has 37 heavy (non-hydrogen) atoms. The number of carboxylic acid groups (broad SMARTS) is 1. The SMILES string of the molecule is O=C(O)[C@H]1CC[C@H](C(O)Cc2ccc(-c3cc(C4CC4)cc(Nc4cc(C(F)F)ccn4)n3)cn2)CC1. The van der Waals surface area contributed by atoms with Crippen molar-refractivity contribution in [2.75, 3.05) is 5.32 Å². The van der Waals surface area contributed by atoms with Gasteiger partial charge in [0.05, 0.1) is 17.7 Å². The van der Waals surface area contributed by atoms with Gasteiger partial charge in [-0.05, 0) is 92.3 Å². The number of aromatic nitrogens is 3. The molecule has 3 N–H and O–H groups in total. The number of halogens is 2. The first-order valence-corrected chi connectivity index (χ1v) is 12.7. The van der Waals surface area contributed by atoms with Crippen molar-refractivity contribution in [3.63, 3.8) is 0 Å². The molecular weight excluding hydrogens is 478 g/mol. The summed E-state index contributed by atoms with van der Waals surface area (Å²) in [5, 5.41) is 23.0. The van der Waals surface area contributed by atoms with Gasteiger partial charge in [-0.15, -0.1) is 0 Å². The van der Waals surface area contributed by atoms with Crippen LogP contribution in [0.5, 0.6) is 0 Å². The number of aliphatic carboxylic acids is 1. The Balaban J connectivity index is 1.29. The highest BCUT2D eigenvalue weighted by Crippen LogP contribution is 2.42. The van der Waals surface area contributed by atoms with Gasteiger partial charge in [0.2, 0.25) is 0 Å². The van der Waals surface area contributed by atoms with Crippen LogP contribution < -0.4 is 5.32 Å². The smallest absolute Gasteiger partial charge is 0.306 e. The molecule has 0 spiro atoms. The molecule has 0 aliphatic heterocycles. The van der Waals surface area contributed by atoms with Gasteiger partial charge < -0.3 is 15.5 Å². The Bertz CT molecular complexity index is 1240. The summed E-state index contributed by atoms with van der Waals surface area (Å²) < 4.78 is 26.2. The molecule has 1 atom stereocenters. The molecule has 3 aromatic heterocycles. The van der Waals surface area contributed by atoms with Crippen molar-refractivity contribution >= 4 is 17.6 Å². The summed E-state index contributed by atoms with van der Waals surface area (Å²) >= 11 is 0. The Kier molecular flexibility index (Phi) is 7.41. The molecule has 3 aromatic rings. The zero-order valence-corrected chi connectivity index (χ0v) is 20.4.